The van der Waals surface area contributed by atoms with Crippen LogP contribution in [0.2, 0.25) is 5.02 Å². The quantitative estimate of drug-likeness (QED) is 0.686. The molecule has 0 radical (unpaired) electrons. The fourth-order valence-electron chi connectivity index (χ4n) is 1.43. The minimum atomic E-state index is -5.01. The molecule has 0 saturated carbocycles. The molecular weight excluding hydrogens is 225 g/mol. The number of hydrogen-bond acceptors (Lipinski definition) is 1. The first-order chi connectivity index (χ1) is 6.98. The zero-order chi connectivity index (χ0) is 11.1. The van der Waals surface area contributed by atoms with Crippen LogP contribution in [0.15, 0.2) is 30.5 Å². The van der Waals surface area contributed by atoms with Gasteiger partial charge in [0.2, 0.25) is 0 Å². The van der Waals surface area contributed by atoms with E-state index < -0.39 is 12.4 Å². The summed E-state index contributed by atoms with van der Waals surface area (Å²) in [4.78, 5) is 3.84. The maximum atomic E-state index is 12.6. The van der Waals surface area contributed by atoms with Gasteiger partial charge in [0.25, 0.3) is 0 Å². The Morgan fingerprint density at radius 1 is 1.13 bits per heavy atom. The van der Waals surface area contributed by atoms with Crippen molar-refractivity contribution in [2.24, 2.45) is 0 Å². The number of aromatic nitrogens is 1. The summed E-state index contributed by atoms with van der Waals surface area (Å²) in [6.45, 7) is -5.01. The summed E-state index contributed by atoms with van der Waals surface area (Å²) in [5.74, 6) is 0. The predicted molar refractivity (Wildman–Crippen MR) is 55.5 cm³/mol. The van der Waals surface area contributed by atoms with Crippen molar-refractivity contribution in [3.8, 4) is 0 Å². The zero-order valence-electron chi connectivity index (χ0n) is 7.42. The molecule has 2 aromatic rings. The lowest BCUT2D eigenvalue weighted by molar-refractivity contribution is 0.501. The summed E-state index contributed by atoms with van der Waals surface area (Å²) in [5, 5.41) is 0.469. The Hall–Kier alpha value is -1.23. The molecule has 0 amide bonds. The van der Waals surface area contributed by atoms with E-state index in [0.29, 0.717) is 5.02 Å². The predicted octanol–water partition coefficient (Wildman–Crippen LogP) is 2.94. The van der Waals surface area contributed by atoms with Crippen LogP contribution in [0.25, 0.3) is 10.9 Å². The molecular formula is C9H5BClF3N-. The van der Waals surface area contributed by atoms with E-state index in [0.717, 1.165) is 12.3 Å². The number of nitrogens with zero attached hydrogens (tertiary/aromatic N) is 1. The maximum Gasteiger partial charge on any atom is 0.510 e. The lowest BCUT2D eigenvalue weighted by Gasteiger charge is -2.16. The van der Waals surface area contributed by atoms with Crippen LogP contribution in [0, 0.1) is 0 Å². The highest BCUT2D eigenvalue weighted by Gasteiger charge is 2.27. The van der Waals surface area contributed by atoms with Crippen LogP contribution in [-0.4, -0.2) is 12.0 Å². The van der Waals surface area contributed by atoms with E-state index >= 15 is 0 Å². The minimum Gasteiger partial charge on any atom is -0.445 e. The van der Waals surface area contributed by atoms with Crippen molar-refractivity contribution in [1.82, 2.24) is 4.98 Å². The van der Waals surface area contributed by atoms with Crippen LogP contribution in [-0.2, 0) is 0 Å². The van der Waals surface area contributed by atoms with Gasteiger partial charge in [0.1, 0.15) is 0 Å². The largest absolute Gasteiger partial charge is 0.510 e. The van der Waals surface area contributed by atoms with Crippen molar-refractivity contribution in [2.45, 2.75) is 0 Å². The first-order valence-corrected chi connectivity index (χ1v) is 4.60. The molecule has 0 bridgehead atoms. The van der Waals surface area contributed by atoms with Gasteiger partial charge in [0, 0.05) is 11.2 Å². The van der Waals surface area contributed by atoms with Crippen LogP contribution < -0.4 is 5.46 Å². The number of fused-ring (bicyclic) bond motifs is 1. The van der Waals surface area contributed by atoms with Crippen molar-refractivity contribution >= 4 is 34.9 Å². The van der Waals surface area contributed by atoms with Crippen LogP contribution in [0.3, 0.4) is 0 Å². The number of halogens is 4. The molecule has 0 spiro atoms. The van der Waals surface area contributed by atoms with Gasteiger partial charge in [-0.05, 0) is 17.5 Å². The van der Waals surface area contributed by atoms with Crippen molar-refractivity contribution in [2.75, 3.05) is 0 Å². The Morgan fingerprint density at radius 2 is 1.87 bits per heavy atom. The van der Waals surface area contributed by atoms with E-state index in [2.05, 4.69) is 4.98 Å². The van der Waals surface area contributed by atoms with Gasteiger partial charge in [-0.2, -0.15) is 0 Å². The van der Waals surface area contributed by atoms with E-state index in [1.807, 2.05) is 0 Å². The van der Waals surface area contributed by atoms with Crippen molar-refractivity contribution in [3.63, 3.8) is 0 Å². The highest BCUT2D eigenvalue weighted by atomic mass is 35.5. The fraction of sp³-hybridized carbons (Fsp3) is 0. The summed E-state index contributed by atoms with van der Waals surface area (Å²) in [5.41, 5.74) is -0.365. The van der Waals surface area contributed by atoms with Crippen LogP contribution in [0.4, 0.5) is 12.9 Å². The first kappa shape index (κ1) is 10.3. The molecule has 2 rings (SSSR count). The second-order valence-electron chi connectivity index (χ2n) is 3.14. The number of benzene rings is 1. The smallest absolute Gasteiger partial charge is 0.445 e. The third kappa shape index (κ3) is 1.92. The van der Waals surface area contributed by atoms with Gasteiger partial charge in [-0.25, -0.2) is 0 Å². The highest BCUT2D eigenvalue weighted by Crippen LogP contribution is 2.19. The van der Waals surface area contributed by atoms with Gasteiger partial charge < -0.3 is 12.9 Å². The molecule has 0 aliphatic rings. The van der Waals surface area contributed by atoms with E-state index in [1.165, 1.54) is 18.2 Å². The number of pyridine rings is 1. The molecule has 0 saturated heterocycles. The van der Waals surface area contributed by atoms with E-state index in [9.17, 15) is 12.9 Å². The first-order valence-electron chi connectivity index (χ1n) is 4.22. The van der Waals surface area contributed by atoms with Gasteiger partial charge in [-0.1, -0.05) is 29.2 Å². The molecule has 0 fully saturated rings. The van der Waals surface area contributed by atoms with E-state index in [-0.39, 0.29) is 10.9 Å². The Bertz CT molecular complexity index is 512. The lowest BCUT2D eigenvalue weighted by Crippen LogP contribution is -2.34. The van der Waals surface area contributed by atoms with Crippen LogP contribution >= 0.6 is 11.6 Å². The van der Waals surface area contributed by atoms with Crippen LogP contribution in [0.1, 0.15) is 0 Å². The molecule has 0 N–H and O–H groups in total. The SMILES string of the molecule is F[B-](F)(F)c1ccnc2cc(Cl)ccc12. The molecule has 1 aromatic heterocycles. The molecule has 0 aliphatic carbocycles. The normalized spacial score (nSPS) is 12.0. The Kier molecular flexibility index (Phi) is 2.34. The van der Waals surface area contributed by atoms with Crippen molar-refractivity contribution in [1.29, 1.82) is 0 Å². The van der Waals surface area contributed by atoms with E-state index in [4.69, 9.17) is 11.6 Å². The summed E-state index contributed by atoms with van der Waals surface area (Å²) in [7, 11) is 0. The molecule has 1 nitrogen and oxygen atoms in total. The molecule has 6 heteroatoms. The summed E-state index contributed by atoms with van der Waals surface area (Å²) < 4.78 is 37.9. The summed E-state index contributed by atoms with van der Waals surface area (Å²) in [6.07, 6.45) is 1.14. The topological polar surface area (TPSA) is 12.9 Å². The average molecular weight is 230 g/mol. The summed E-state index contributed by atoms with van der Waals surface area (Å²) >= 11 is 5.67. The minimum absolute atomic E-state index is 0.0920. The molecule has 1 heterocycles. The summed E-state index contributed by atoms with van der Waals surface area (Å²) in [6, 6.07) is 5.17. The second kappa shape index (κ2) is 3.41. The monoisotopic (exact) mass is 230 g/mol. The van der Waals surface area contributed by atoms with Crippen molar-refractivity contribution < 1.29 is 12.9 Å². The lowest BCUT2D eigenvalue weighted by atomic mass is 9.78. The third-order valence-electron chi connectivity index (χ3n) is 2.09. The zero-order valence-corrected chi connectivity index (χ0v) is 8.18. The van der Waals surface area contributed by atoms with Gasteiger partial charge in [-0.3, -0.25) is 4.98 Å². The van der Waals surface area contributed by atoms with Gasteiger partial charge in [0.15, 0.2) is 0 Å². The molecule has 0 unspecified atom stereocenters. The van der Waals surface area contributed by atoms with Crippen LogP contribution in [0.5, 0.6) is 0 Å². The van der Waals surface area contributed by atoms with Crippen molar-refractivity contribution in [3.05, 3.63) is 35.5 Å². The van der Waals surface area contributed by atoms with E-state index in [1.54, 1.807) is 0 Å². The highest BCUT2D eigenvalue weighted by molar-refractivity contribution is 6.75. The fourth-order valence-corrected chi connectivity index (χ4v) is 1.60. The third-order valence-corrected chi connectivity index (χ3v) is 2.33. The molecule has 78 valence electrons. The molecule has 1 aromatic carbocycles. The number of rotatable bonds is 1. The van der Waals surface area contributed by atoms with Gasteiger partial charge in [-0.15, -0.1) is 0 Å². The standard InChI is InChI=1S/C9H5BClF3N/c11-6-1-2-7-8(10(12,13)14)3-4-15-9(7)5-6/h1-5H/q-1. The Balaban J connectivity index is 2.77. The molecule has 0 aliphatic heterocycles. The molecule has 15 heavy (non-hydrogen) atoms. The number of hydrogen-bond donors (Lipinski definition) is 0. The molecule has 0 atom stereocenters. The average Bonchev–Trinajstić information content (AvgIpc) is 2.15. The van der Waals surface area contributed by atoms with Gasteiger partial charge in [0.05, 0.1) is 5.52 Å². The van der Waals surface area contributed by atoms with Gasteiger partial charge >= 0.3 is 6.98 Å². The Labute approximate surface area is 88.9 Å². The second-order valence-corrected chi connectivity index (χ2v) is 3.57. The Morgan fingerprint density at radius 3 is 2.53 bits per heavy atom. The maximum absolute atomic E-state index is 12.6.